The van der Waals surface area contributed by atoms with Gasteiger partial charge in [-0.25, -0.2) is 4.98 Å². The lowest BCUT2D eigenvalue weighted by molar-refractivity contribution is -0.138. The van der Waals surface area contributed by atoms with Crippen molar-refractivity contribution in [1.29, 1.82) is 0 Å². The number of aromatic nitrogens is 3. The molecule has 4 aromatic rings. The van der Waals surface area contributed by atoms with E-state index >= 15 is 0 Å². The summed E-state index contributed by atoms with van der Waals surface area (Å²) < 4.78 is 44.9. The van der Waals surface area contributed by atoms with Crippen LogP contribution in [0.2, 0.25) is 0 Å². The number of rotatable bonds is 5. The number of anilines is 2. The molecule has 0 aliphatic carbocycles. The van der Waals surface area contributed by atoms with Crippen molar-refractivity contribution in [3.8, 4) is 5.88 Å². The van der Waals surface area contributed by atoms with Gasteiger partial charge in [0.2, 0.25) is 5.88 Å². The Morgan fingerprint density at radius 3 is 2.39 bits per heavy atom. The molecule has 0 aliphatic rings. The molecule has 0 fully saturated rings. The van der Waals surface area contributed by atoms with E-state index in [0.29, 0.717) is 23.8 Å². The SMILES string of the molecule is COc1ccc(Cc2nnc(Nc3cccc(C(F)(F)F)c3C)c3ccccc23)cn1. The van der Waals surface area contributed by atoms with Gasteiger partial charge in [0.05, 0.1) is 18.4 Å². The van der Waals surface area contributed by atoms with Crippen molar-refractivity contribution in [2.24, 2.45) is 0 Å². The summed E-state index contributed by atoms with van der Waals surface area (Å²) in [4.78, 5) is 4.21. The Kier molecular flexibility index (Phi) is 5.46. The zero-order valence-electron chi connectivity index (χ0n) is 16.9. The van der Waals surface area contributed by atoms with Crippen LogP contribution in [0.15, 0.2) is 60.8 Å². The highest BCUT2D eigenvalue weighted by atomic mass is 19.4. The molecule has 0 bridgehead atoms. The second kappa shape index (κ2) is 8.22. The second-order valence-corrected chi connectivity index (χ2v) is 7.03. The quantitative estimate of drug-likeness (QED) is 0.446. The maximum absolute atomic E-state index is 13.3. The molecule has 5 nitrogen and oxygen atoms in total. The average molecular weight is 424 g/mol. The van der Waals surface area contributed by atoms with Crippen LogP contribution in [0.25, 0.3) is 10.8 Å². The fraction of sp³-hybridized carbons (Fsp3) is 0.174. The van der Waals surface area contributed by atoms with Crippen molar-refractivity contribution in [2.75, 3.05) is 12.4 Å². The molecular formula is C23H19F3N4O. The topological polar surface area (TPSA) is 59.9 Å². The zero-order valence-corrected chi connectivity index (χ0v) is 16.9. The highest BCUT2D eigenvalue weighted by molar-refractivity contribution is 5.94. The Hall–Kier alpha value is -3.68. The Morgan fingerprint density at radius 1 is 0.935 bits per heavy atom. The normalized spacial score (nSPS) is 11.5. The van der Waals surface area contributed by atoms with Gasteiger partial charge in [-0.15, -0.1) is 5.10 Å². The first kappa shape index (κ1) is 20.6. The third kappa shape index (κ3) is 4.28. The lowest BCUT2D eigenvalue weighted by Crippen LogP contribution is -2.09. The summed E-state index contributed by atoms with van der Waals surface area (Å²) in [7, 11) is 1.55. The van der Waals surface area contributed by atoms with E-state index in [2.05, 4.69) is 20.5 Å². The van der Waals surface area contributed by atoms with Gasteiger partial charge in [-0.05, 0) is 30.2 Å². The second-order valence-electron chi connectivity index (χ2n) is 7.03. The number of ether oxygens (including phenoxy) is 1. The van der Waals surface area contributed by atoms with E-state index in [9.17, 15) is 13.2 Å². The summed E-state index contributed by atoms with van der Waals surface area (Å²) in [6.07, 6.45) is -2.20. The van der Waals surface area contributed by atoms with Crippen LogP contribution >= 0.6 is 0 Å². The standard InChI is InChI=1S/C23H19F3N4O/c1-14-18(23(24,25)26)8-5-9-19(14)28-22-17-7-4-3-6-16(17)20(29-30-22)12-15-10-11-21(31-2)27-13-15/h3-11,13H,12H2,1-2H3,(H,28,30). The molecule has 0 unspecified atom stereocenters. The van der Waals surface area contributed by atoms with Crippen LogP contribution in [0.1, 0.15) is 22.4 Å². The molecule has 1 N–H and O–H groups in total. The Bertz CT molecular complexity index is 1220. The molecule has 2 aromatic carbocycles. The predicted octanol–water partition coefficient (Wildman–Crippen LogP) is 5.70. The molecule has 2 aromatic heterocycles. The molecule has 0 radical (unpaired) electrons. The minimum atomic E-state index is -4.42. The van der Waals surface area contributed by atoms with Gasteiger partial charge in [-0.3, -0.25) is 0 Å². The Morgan fingerprint density at radius 2 is 1.71 bits per heavy atom. The van der Waals surface area contributed by atoms with Crippen LogP contribution in [-0.2, 0) is 12.6 Å². The average Bonchev–Trinajstić information content (AvgIpc) is 2.76. The molecule has 0 saturated heterocycles. The van der Waals surface area contributed by atoms with Gasteiger partial charge in [0.1, 0.15) is 0 Å². The number of halogens is 3. The van der Waals surface area contributed by atoms with Crippen molar-refractivity contribution in [2.45, 2.75) is 19.5 Å². The number of alkyl halides is 3. The maximum Gasteiger partial charge on any atom is 0.416 e. The van der Waals surface area contributed by atoms with Gasteiger partial charge in [0.15, 0.2) is 5.82 Å². The van der Waals surface area contributed by atoms with Crippen LogP contribution in [0.3, 0.4) is 0 Å². The van der Waals surface area contributed by atoms with Gasteiger partial charge in [0.25, 0.3) is 0 Å². The smallest absolute Gasteiger partial charge is 0.416 e. The van der Waals surface area contributed by atoms with Crippen LogP contribution in [0.5, 0.6) is 5.88 Å². The van der Waals surface area contributed by atoms with E-state index < -0.39 is 11.7 Å². The number of hydrogen-bond donors (Lipinski definition) is 1. The predicted molar refractivity (Wildman–Crippen MR) is 113 cm³/mol. The third-order valence-corrected chi connectivity index (χ3v) is 5.03. The first-order valence-electron chi connectivity index (χ1n) is 9.54. The van der Waals surface area contributed by atoms with E-state index in [4.69, 9.17) is 4.74 Å². The van der Waals surface area contributed by atoms with Crippen molar-refractivity contribution in [3.05, 3.63) is 83.2 Å². The summed E-state index contributed by atoms with van der Waals surface area (Å²) >= 11 is 0. The molecule has 0 atom stereocenters. The van der Waals surface area contributed by atoms with Crippen molar-refractivity contribution < 1.29 is 17.9 Å². The lowest BCUT2D eigenvalue weighted by Gasteiger charge is -2.16. The number of nitrogens with zero attached hydrogens (tertiary/aromatic N) is 3. The van der Waals surface area contributed by atoms with E-state index in [1.807, 2.05) is 30.3 Å². The largest absolute Gasteiger partial charge is 0.481 e. The molecule has 158 valence electrons. The van der Waals surface area contributed by atoms with Gasteiger partial charge in [0, 0.05) is 35.1 Å². The van der Waals surface area contributed by atoms with Crippen LogP contribution < -0.4 is 10.1 Å². The summed E-state index contributed by atoms with van der Waals surface area (Å²) in [5.74, 6) is 0.922. The Labute approximate surface area is 176 Å². The first-order chi connectivity index (χ1) is 14.9. The van der Waals surface area contributed by atoms with Gasteiger partial charge in [-0.2, -0.15) is 18.3 Å². The number of hydrogen-bond acceptors (Lipinski definition) is 5. The van der Waals surface area contributed by atoms with E-state index in [1.165, 1.54) is 13.0 Å². The number of nitrogens with one attached hydrogen (secondary N) is 1. The Balaban J connectivity index is 1.70. The third-order valence-electron chi connectivity index (χ3n) is 5.03. The molecule has 0 spiro atoms. The van der Waals surface area contributed by atoms with E-state index in [0.717, 1.165) is 28.1 Å². The van der Waals surface area contributed by atoms with Crippen molar-refractivity contribution in [1.82, 2.24) is 15.2 Å². The number of fused-ring (bicyclic) bond motifs is 1. The molecule has 8 heteroatoms. The summed E-state index contributed by atoms with van der Waals surface area (Å²) in [6, 6.07) is 15.2. The van der Waals surface area contributed by atoms with Crippen LogP contribution in [-0.4, -0.2) is 22.3 Å². The van der Waals surface area contributed by atoms with Crippen LogP contribution in [0.4, 0.5) is 24.7 Å². The lowest BCUT2D eigenvalue weighted by atomic mass is 10.0. The maximum atomic E-state index is 13.3. The van der Waals surface area contributed by atoms with E-state index in [-0.39, 0.29) is 5.56 Å². The van der Waals surface area contributed by atoms with E-state index in [1.54, 1.807) is 25.4 Å². The number of methoxy groups -OCH3 is 1. The van der Waals surface area contributed by atoms with Crippen molar-refractivity contribution in [3.63, 3.8) is 0 Å². The molecule has 0 amide bonds. The van der Waals surface area contributed by atoms with Gasteiger partial charge >= 0.3 is 6.18 Å². The molecular weight excluding hydrogens is 405 g/mol. The molecule has 4 rings (SSSR count). The summed E-state index contributed by atoms with van der Waals surface area (Å²) in [6.45, 7) is 1.44. The monoisotopic (exact) mass is 424 g/mol. The highest BCUT2D eigenvalue weighted by Gasteiger charge is 2.33. The molecule has 0 saturated carbocycles. The van der Waals surface area contributed by atoms with Gasteiger partial charge in [-0.1, -0.05) is 36.4 Å². The van der Waals surface area contributed by atoms with Crippen molar-refractivity contribution >= 4 is 22.3 Å². The zero-order chi connectivity index (χ0) is 22.0. The number of pyridine rings is 1. The fourth-order valence-electron chi connectivity index (χ4n) is 3.42. The first-order valence-corrected chi connectivity index (χ1v) is 9.54. The number of benzene rings is 2. The van der Waals surface area contributed by atoms with Gasteiger partial charge < -0.3 is 10.1 Å². The molecule has 2 heterocycles. The highest BCUT2D eigenvalue weighted by Crippen LogP contribution is 2.36. The minimum Gasteiger partial charge on any atom is -0.481 e. The molecule has 0 aliphatic heterocycles. The summed E-state index contributed by atoms with van der Waals surface area (Å²) in [5, 5.41) is 13.3. The summed E-state index contributed by atoms with van der Waals surface area (Å²) in [5.41, 5.74) is 1.44. The van der Waals surface area contributed by atoms with Crippen LogP contribution in [0, 0.1) is 6.92 Å². The fourth-order valence-corrected chi connectivity index (χ4v) is 3.42. The minimum absolute atomic E-state index is 0.106. The molecule has 31 heavy (non-hydrogen) atoms.